The SMILES string of the molecule is CC(C)(C)c1c[c-]c2c(c1)-c1cc(C(C)(C)C)ccc1C2.CC1[C-]=CC(C(C)(C)C)=C1.[Zr+2]=[C](c1ccccc1)c1ccccc1. The van der Waals surface area contributed by atoms with Gasteiger partial charge in [0.2, 0.25) is 0 Å². The third-order valence-electron chi connectivity index (χ3n) is 8.45. The van der Waals surface area contributed by atoms with Gasteiger partial charge in [0.25, 0.3) is 0 Å². The fourth-order valence-corrected chi connectivity index (χ4v) is 6.23. The molecule has 2 aliphatic carbocycles. The van der Waals surface area contributed by atoms with Crippen molar-refractivity contribution in [1.82, 2.24) is 0 Å². The van der Waals surface area contributed by atoms with Gasteiger partial charge in [-0.3, -0.25) is 6.08 Å². The summed E-state index contributed by atoms with van der Waals surface area (Å²) in [4.78, 5) is 0. The predicted octanol–water partition coefficient (Wildman–Crippen LogP) is 11.4. The molecule has 1 atom stereocenters. The first-order valence-electron chi connectivity index (χ1n) is 16.2. The molecule has 1 heteroatoms. The molecule has 0 aromatic heterocycles. The minimum atomic E-state index is 0.177. The Morgan fingerprint density at radius 1 is 0.667 bits per heavy atom. The number of fused-ring (bicyclic) bond motifs is 3. The maximum absolute atomic E-state index is 3.53. The molecule has 45 heavy (non-hydrogen) atoms. The van der Waals surface area contributed by atoms with E-state index < -0.39 is 0 Å². The van der Waals surface area contributed by atoms with Crippen LogP contribution in [0.15, 0.2) is 109 Å². The van der Waals surface area contributed by atoms with Gasteiger partial charge in [-0.15, -0.1) is 5.56 Å². The Balaban J connectivity index is 0.000000166. The summed E-state index contributed by atoms with van der Waals surface area (Å²) in [6.45, 7) is 22.5. The molecule has 0 radical (unpaired) electrons. The van der Waals surface area contributed by atoms with Gasteiger partial charge in [0.15, 0.2) is 0 Å². The molecular weight excluding hydrogens is 620 g/mol. The zero-order valence-electron chi connectivity index (χ0n) is 29.1. The molecule has 0 bridgehead atoms. The molecule has 4 aromatic carbocycles. The van der Waals surface area contributed by atoms with Crippen molar-refractivity contribution in [2.45, 2.75) is 86.5 Å². The Hall–Kier alpha value is -2.89. The topological polar surface area (TPSA) is 0 Å². The summed E-state index contributed by atoms with van der Waals surface area (Å²) in [7, 11) is 0. The standard InChI is InChI=1S/C21H25.C13H10.C10H15.Zr/c1-20(2,3)16-9-7-14-11-15-8-10-17(21(4,5)6)13-19(15)18(14)12-16;1-3-7-12(8-4-1)11-13-9-5-2-6-10-13;1-8-5-6-9(7-8)10(2,3)4;/h7,9-10,12-13H,11H2,1-6H3;1-10H;6-8H,1-4H3;/q-1;;-1;+2. The molecule has 0 fully saturated rings. The number of rotatable bonds is 2. The third-order valence-corrected chi connectivity index (χ3v) is 9.87. The van der Waals surface area contributed by atoms with Gasteiger partial charge in [0.1, 0.15) is 0 Å². The molecule has 6 rings (SSSR count). The van der Waals surface area contributed by atoms with Crippen LogP contribution in [0.25, 0.3) is 11.1 Å². The summed E-state index contributed by atoms with van der Waals surface area (Å²) in [5.41, 5.74) is 13.1. The van der Waals surface area contributed by atoms with Crippen LogP contribution in [0.5, 0.6) is 0 Å². The second-order valence-electron chi connectivity index (χ2n) is 15.4. The van der Waals surface area contributed by atoms with Gasteiger partial charge in [0.05, 0.1) is 0 Å². The minimum absolute atomic E-state index is 0.177. The van der Waals surface area contributed by atoms with Crippen LogP contribution in [0.2, 0.25) is 0 Å². The summed E-state index contributed by atoms with van der Waals surface area (Å²) in [5.74, 6) is 0.522. The number of hydrogen-bond acceptors (Lipinski definition) is 0. The Morgan fingerprint density at radius 2 is 1.20 bits per heavy atom. The summed E-state index contributed by atoms with van der Waals surface area (Å²) in [5, 5.41) is 0. The van der Waals surface area contributed by atoms with E-state index in [-0.39, 0.29) is 10.8 Å². The molecule has 0 saturated carbocycles. The zero-order valence-corrected chi connectivity index (χ0v) is 31.6. The second kappa shape index (κ2) is 14.3. The molecule has 4 aromatic rings. The number of allylic oxidation sites excluding steroid dienone is 4. The van der Waals surface area contributed by atoms with Gasteiger partial charge >= 0.3 is 99.2 Å². The van der Waals surface area contributed by atoms with Gasteiger partial charge in [-0.2, -0.15) is 41.0 Å². The first-order chi connectivity index (χ1) is 21.0. The van der Waals surface area contributed by atoms with E-state index in [0.717, 1.165) is 6.42 Å². The molecule has 0 nitrogen and oxygen atoms in total. The Labute approximate surface area is 289 Å². The van der Waals surface area contributed by atoms with E-state index in [1.807, 2.05) is 0 Å². The Morgan fingerprint density at radius 3 is 1.64 bits per heavy atom. The van der Waals surface area contributed by atoms with Crippen LogP contribution in [-0.2, 0) is 41.5 Å². The predicted molar refractivity (Wildman–Crippen MR) is 192 cm³/mol. The van der Waals surface area contributed by atoms with E-state index in [9.17, 15) is 0 Å². The fraction of sp³-hybridized carbons (Fsp3) is 0.341. The number of benzene rings is 4. The number of hydrogen-bond donors (Lipinski definition) is 0. The van der Waals surface area contributed by atoms with Crippen molar-refractivity contribution in [3.63, 3.8) is 0 Å². The van der Waals surface area contributed by atoms with Crippen LogP contribution in [0.3, 0.4) is 0 Å². The van der Waals surface area contributed by atoms with E-state index in [1.54, 1.807) is 0 Å². The summed E-state index contributed by atoms with van der Waals surface area (Å²) in [6.07, 6.45) is 8.68. The monoisotopic (exact) mass is 668 g/mol. The van der Waals surface area contributed by atoms with Crippen LogP contribution >= 0.6 is 0 Å². The Bertz CT molecular complexity index is 1560. The first kappa shape index (κ1) is 35.0. The van der Waals surface area contributed by atoms with Gasteiger partial charge in [-0.1, -0.05) is 115 Å². The van der Waals surface area contributed by atoms with Gasteiger partial charge in [-0.05, 0) is 17.4 Å². The normalized spacial score (nSPS) is 15.2. The van der Waals surface area contributed by atoms with Crippen molar-refractivity contribution >= 4 is 3.21 Å². The molecule has 0 amide bonds. The molecule has 0 N–H and O–H groups in total. The summed E-state index contributed by atoms with van der Waals surface area (Å²) >= 11 is 1.46. The average molecular weight is 670 g/mol. The molecular formula is C44H50Zr. The van der Waals surface area contributed by atoms with E-state index in [1.165, 1.54) is 77.5 Å². The van der Waals surface area contributed by atoms with Crippen LogP contribution < -0.4 is 0 Å². The van der Waals surface area contributed by atoms with E-state index in [4.69, 9.17) is 0 Å². The van der Waals surface area contributed by atoms with Gasteiger partial charge < -0.3 is 0 Å². The van der Waals surface area contributed by atoms with Crippen molar-refractivity contribution in [2.75, 3.05) is 0 Å². The maximum atomic E-state index is 3.53. The molecule has 1 unspecified atom stereocenters. The summed E-state index contributed by atoms with van der Waals surface area (Å²) < 4.78 is 1.42. The van der Waals surface area contributed by atoms with Crippen molar-refractivity contribution in [3.05, 3.63) is 154 Å². The van der Waals surface area contributed by atoms with Gasteiger partial charge in [0, 0.05) is 0 Å². The van der Waals surface area contributed by atoms with E-state index in [2.05, 4.69) is 185 Å². The second-order valence-corrected chi connectivity index (χ2v) is 16.6. The molecule has 0 aliphatic heterocycles. The quantitative estimate of drug-likeness (QED) is 0.164. The molecule has 2 aliphatic rings. The first-order valence-corrected chi connectivity index (χ1v) is 17.5. The van der Waals surface area contributed by atoms with Crippen molar-refractivity contribution in [2.24, 2.45) is 11.3 Å². The average Bonchev–Trinajstić information content (AvgIpc) is 3.60. The molecule has 0 heterocycles. The third kappa shape index (κ3) is 9.33. The molecule has 230 valence electrons. The van der Waals surface area contributed by atoms with Crippen LogP contribution in [0.1, 0.15) is 103 Å². The van der Waals surface area contributed by atoms with E-state index >= 15 is 0 Å². The Kier molecular flexibility index (Phi) is 11.1. The van der Waals surface area contributed by atoms with E-state index in [0.29, 0.717) is 11.3 Å². The zero-order chi connectivity index (χ0) is 33.0. The van der Waals surface area contributed by atoms with Crippen molar-refractivity contribution in [3.8, 4) is 11.1 Å². The molecule has 0 saturated heterocycles. The van der Waals surface area contributed by atoms with Crippen LogP contribution in [0.4, 0.5) is 0 Å². The van der Waals surface area contributed by atoms with Crippen LogP contribution in [0, 0.1) is 23.5 Å². The van der Waals surface area contributed by atoms with Gasteiger partial charge in [-0.25, -0.2) is 6.08 Å². The molecule has 0 spiro atoms. The van der Waals surface area contributed by atoms with Crippen molar-refractivity contribution < 1.29 is 24.2 Å². The van der Waals surface area contributed by atoms with Crippen LogP contribution in [-0.4, -0.2) is 3.21 Å². The van der Waals surface area contributed by atoms with Crippen molar-refractivity contribution in [1.29, 1.82) is 0 Å². The fourth-order valence-electron chi connectivity index (χ4n) is 5.41. The summed E-state index contributed by atoms with van der Waals surface area (Å²) in [6, 6.07) is 36.2.